The van der Waals surface area contributed by atoms with Gasteiger partial charge in [-0.15, -0.1) is 0 Å². The average molecular weight is 274 g/mol. The van der Waals surface area contributed by atoms with Crippen molar-refractivity contribution < 1.29 is 29.5 Å². The van der Waals surface area contributed by atoms with E-state index in [1.807, 2.05) is 0 Å². The van der Waals surface area contributed by atoms with Crippen LogP contribution >= 0.6 is 0 Å². The molecule has 0 aliphatic rings. The van der Waals surface area contributed by atoms with Crippen LogP contribution in [0.3, 0.4) is 0 Å². The summed E-state index contributed by atoms with van der Waals surface area (Å²) in [5, 5.41) is 32.0. The molecule has 0 amide bonds. The van der Waals surface area contributed by atoms with E-state index in [0.29, 0.717) is 4.68 Å². The van der Waals surface area contributed by atoms with Crippen molar-refractivity contribution in [2.45, 2.75) is 19.6 Å². The summed E-state index contributed by atoms with van der Waals surface area (Å²) in [5.41, 5.74) is 0. The molecule has 0 aliphatic heterocycles. The zero-order valence-corrected chi connectivity index (χ0v) is 9.72. The van der Waals surface area contributed by atoms with Gasteiger partial charge >= 0.3 is 23.7 Å². The van der Waals surface area contributed by atoms with E-state index in [1.165, 1.54) is 0 Å². The Morgan fingerprint density at radius 3 is 2.68 bits per heavy atom. The first kappa shape index (κ1) is 14.5. The SMILES string of the molecule is CC(=O)OCC(O)Cn1nc([N+](=O)[O-])nc1C(=O)O. The number of hydrogen-bond donors (Lipinski definition) is 2. The van der Waals surface area contributed by atoms with Crippen LogP contribution in [0.4, 0.5) is 5.95 Å². The van der Waals surface area contributed by atoms with E-state index < -0.39 is 41.3 Å². The number of carbonyl (C=O) groups excluding carboxylic acids is 1. The number of aromatic carboxylic acids is 1. The van der Waals surface area contributed by atoms with E-state index >= 15 is 0 Å². The molecule has 1 heterocycles. The Kier molecular flexibility index (Phi) is 4.47. The van der Waals surface area contributed by atoms with Crippen LogP contribution in [0, 0.1) is 10.1 Å². The summed E-state index contributed by atoms with van der Waals surface area (Å²) in [4.78, 5) is 34.0. The van der Waals surface area contributed by atoms with Gasteiger partial charge in [0.05, 0.1) is 6.54 Å². The molecule has 0 saturated heterocycles. The first-order valence-electron chi connectivity index (χ1n) is 4.95. The molecule has 0 fully saturated rings. The van der Waals surface area contributed by atoms with Crippen LogP contribution in [0.1, 0.15) is 17.5 Å². The number of carboxylic acid groups (broad SMARTS) is 1. The van der Waals surface area contributed by atoms with Crippen LogP contribution in [-0.4, -0.2) is 54.6 Å². The number of rotatable bonds is 6. The number of aromatic nitrogens is 3. The Bertz CT molecular complexity index is 511. The fourth-order valence-electron chi connectivity index (χ4n) is 1.16. The highest BCUT2D eigenvalue weighted by molar-refractivity contribution is 5.83. The number of carboxylic acids is 1. The molecular formula is C8H10N4O7. The van der Waals surface area contributed by atoms with Crippen molar-refractivity contribution in [3.8, 4) is 0 Å². The van der Waals surface area contributed by atoms with Crippen LogP contribution in [0.5, 0.6) is 0 Å². The molecule has 19 heavy (non-hydrogen) atoms. The van der Waals surface area contributed by atoms with E-state index in [9.17, 15) is 24.8 Å². The Morgan fingerprint density at radius 1 is 1.58 bits per heavy atom. The highest BCUT2D eigenvalue weighted by Gasteiger charge is 2.28. The molecular weight excluding hydrogens is 264 g/mol. The highest BCUT2D eigenvalue weighted by atomic mass is 16.6. The Morgan fingerprint density at radius 2 is 2.21 bits per heavy atom. The molecule has 0 bridgehead atoms. The largest absolute Gasteiger partial charge is 0.491 e. The van der Waals surface area contributed by atoms with Crippen LogP contribution in [0.2, 0.25) is 0 Å². The first-order valence-corrected chi connectivity index (χ1v) is 4.95. The molecule has 0 radical (unpaired) electrons. The number of nitro groups is 1. The number of carbonyl (C=O) groups is 2. The minimum absolute atomic E-state index is 0.387. The van der Waals surface area contributed by atoms with Crippen LogP contribution in [0.15, 0.2) is 0 Å². The van der Waals surface area contributed by atoms with Crippen molar-refractivity contribution in [2.24, 2.45) is 0 Å². The summed E-state index contributed by atoms with van der Waals surface area (Å²) in [6.45, 7) is 0.341. The number of hydrogen-bond acceptors (Lipinski definition) is 8. The summed E-state index contributed by atoms with van der Waals surface area (Å²) in [6.07, 6.45) is -1.26. The summed E-state index contributed by atoms with van der Waals surface area (Å²) in [5.74, 6) is -3.73. The quantitative estimate of drug-likeness (QED) is 0.369. The number of aliphatic hydroxyl groups is 1. The molecule has 1 rings (SSSR count). The van der Waals surface area contributed by atoms with Gasteiger partial charge in [-0.1, -0.05) is 0 Å². The third-order valence-electron chi connectivity index (χ3n) is 1.88. The molecule has 1 atom stereocenters. The zero-order valence-electron chi connectivity index (χ0n) is 9.72. The van der Waals surface area contributed by atoms with Gasteiger partial charge in [-0.05, 0) is 9.91 Å². The highest BCUT2D eigenvalue weighted by Crippen LogP contribution is 2.07. The minimum Gasteiger partial charge on any atom is -0.474 e. The summed E-state index contributed by atoms with van der Waals surface area (Å²) in [7, 11) is 0. The van der Waals surface area contributed by atoms with Gasteiger partial charge in [0.25, 0.3) is 0 Å². The number of aliphatic hydroxyl groups excluding tert-OH is 1. The maximum absolute atomic E-state index is 10.8. The van der Waals surface area contributed by atoms with Crippen molar-refractivity contribution in [3.63, 3.8) is 0 Å². The fourth-order valence-corrected chi connectivity index (χ4v) is 1.16. The second-order valence-corrected chi connectivity index (χ2v) is 3.44. The molecule has 0 aliphatic carbocycles. The topological polar surface area (TPSA) is 158 Å². The minimum atomic E-state index is -1.53. The number of ether oxygens (including phenoxy) is 1. The lowest BCUT2D eigenvalue weighted by Crippen LogP contribution is -2.25. The van der Waals surface area contributed by atoms with E-state index in [-0.39, 0.29) is 6.61 Å². The van der Waals surface area contributed by atoms with Crippen LogP contribution < -0.4 is 0 Å². The summed E-state index contributed by atoms with van der Waals surface area (Å²) < 4.78 is 5.16. The molecule has 104 valence electrons. The lowest BCUT2D eigenvalue weighted by Gasteiger charge is -2.08. The van der Waals surface area contributed by atoms with Gasteiger partial charge in [-0.25, -0.2) is 4.79 Å². The van der Waals surface area contributed by atoms with E-state index in [2.05, 4.69) is 14.8 Å². The molecule has 2 N–H and O–H groups in total. The van der Waals surface area contributed by atoms with Gasteiger partial charge in [0.1, 0.15) is 12.7 Å². The maximum Gasteiger partial charge on any atom is 0.491 e. The van der Waals surface area contributed by atoms with Crippen LogP contribution in [-0.2, 0) is 16.1 Å². The van der Waals surface area contributed by atoms with Crippen LogP contribution in [0.25, 0.3) is 0 Å². The zero-order chi connectivity index (χ0) is 14.6. The smallest absolute Gasteiger partial charge is 0.474 e. The lowest BCUT2D eigenvalue weighted by atomic mass is 10.4. The molecule has 0 saturated carbocycles. The lowest BCUT2D eigenvalue weighted by molar-refractivity contribution is -0.394. The number of esters is 1. The van der Waals surface area contributed by atoms with E-state index in [4.69, 9.17) is 5.11 Å². The van der Waals surface area contributed by atoms with E-state index in [1.54, 1.807) is 0 Å². The van der Waals surface area contributed by atoms with Gasteiger partial charge in [0.2, 0.25) is 0 Å². The van der Waals surface area contributed by atoms with Gasteiger partial charge in [-0.2, -0.15) is 4.68 Å². The van der Waals surface area contributed by atoms with Crippen molar-refractivity contribution in [1.82, 2.24) is 14.8 Å². The molecule has 0 spiro atoms. The van der Waals surface area contributed by atoms with E-state index in [0.717, 1.165) is 6.92 Å². The van der Waals surface area contributed by atoms with Crippen molar-refractivity contribution in [2.75, 3.05) is 6.61 Å². The van der Waals surface area contributed by atoms with Gasteiger partial charge < -0.3 is 25.1 Å². The second-order valence-electron chi connectivity index (χ2n) is 3.44. The normalized spacial score (nSPS) is 11.9. The fraction of sp³-hybridized carbons (Fsp3) is 0.500. The molecule has 1 aromatic heterocycles. The molecule has 11 heteroatoms. The Labute approximate surface area is 105 Å². The number of nitrogens with zero attached hydrogens (tertiary/aromatic N) is 4. The van der Waals surface area contributed by atoms with Gasteiger partial charge in [0, 0.05) is 12.0 Å². The third-order valence-corrected chi connectivity index (χ3v) is 1.88. The average Bonchev–Trinajstić information content (AvgIpc) is 2.70. The summed E-state index contributed by atoms with van der Waals surface area (Å²) >= 11 is 0. The molecule has 11 nitrogen and oxygen atoms in total. The molecule has 1 unspecified atom stereocenters. The summed E-state index contributed by atoms with van der Waals surface area (Å²) in [6, 6.07) is 0. The van der Waals surface area contributed by atoms with Gasteiger partial charge in [0.15, 0.2) is 0 Å². The predicted molar refractivity (Wildman–Crippen MR) is 56.3 cm³/mol. The maximum atomic E-state index is 10.8. The second kappa shape index (κ2) is 5.86. The standard InChI is InChI=1S/C8H10N4O7/c1-4(13)19-3-5(14)2-11-6(7(15)16)9-8(10-11)12(17)18/h5,14H,2-3H2,1H3,(H,15,16). The Balaban J connectivity index is 2.84. The first-order chi connectivity index (χ1) is 8.81. The molecule has 0 aromatic carbocycles. The van der Waals surface area contributed by atoms with Crippen molar-refractivity contribution in [1.29, 1.82) is 0 Å². The predicted octanol–water partition coefficient (Wildman–Crippen LogP) is -1.19. The van der Waals surface area contributed by atoms with Crippen molar-refractivity contribution >= 4 is 17.9 Å². The third kappa shape index (κ3) is 3.99. The molecule has 1 aromatic rings. The Hall–Kier alpha value is -2.56. The van der Waals surface area contributed by atoms with Gasteiger partial charge in [-0.3, -0.25) is 4.79 Å². The monoisotopic (exact) mass is 274 g/mol. The van der Waals surface area contributed by atoms with Crippen molar-refractivity contribution in [3.05, 3.63) is 15.9 Å².